The first-order valence-electron chi connectivity index (χ1n) is 4.14. The predicted octanol–water partition coefficient (Wildman–Crippen LogP) is 1.68. The van der Waals surface area contributed by atoms with Crippen LogP contribution in [0.25, 0.3) is 0 Å². The molecule has 0 fully saturated rings. The molecule has 1 aromatic carbocycles. The molecule has 0 heterocycles. The lowest BCUT2D eigenvalue weighted by atomic mass is 10.4. The highest BCUT2D eigenvalue weighted by Gasteiger charge is 2.28. The Morgan fingerprint density at radius 3 is 2.43 bits per heavy atom. The van der Waals surface area contributed by atoms with E-state index in [4.69, 9.17) is 0 Å². The van der Waals surface area contributed by atoms with Crippen molar-refractivity contribution in [1.29, 1.82) is 0 Å². The fourth-order valence-electron chi connectivity index (χ4n) is 1.00. The van der Waals surface area contributed by atoms with E-state index in [0.29, 0.717) is 0 Å². The lowest BCUT2D eigenvalue weighted by molar-refractivity contribution is -0.108. The van der Waals surface area contributed by atoms with Crippen molar-refractivity contribution in [3.8, 4) is 0 Å². The fraction of sp³-hybridized carbons (Fsp3) is 0.100. The average molecular weight is 210 g/mol. The molecule has 0 aliphatic heterocycles. The number of hydrogen-bond donors (Lipinski definition) is 1. The Morgan fingerprint density at radius 1 is 1.36 bits per heavy atom. The normalized spacial score (nSPS) is 15.3. The van der Waals surface area contributed by atoms with E-state index in [0.717, 1.165) is 6.08 Å². The first-order valence-corrected chi connectivity index (χ1v) is 5.80. The van der Waals surface area contributed by atoms with Crippen molar-refractivity contribution in [1.82, 2.24) is 0 Å². The third kappa shape index (κ3) is 2.19. The van der Waals surface area contributed by atoms with Gasteiger partial charge in [-0.2, -0.15) is 0 Å². The minimum absolute atomic E-state index is 0.170. The van der Waals surface area contributed by atoms with Gasteiger partial charge in [0.25, 0.3) is 7.37 Å². The molecule has 0 spiro atoms. The molecule has 3 nitrogen and oxygen atoms in total. The van der Waals surface area contributed by atoms with Crippen LogP contribution in [0.4, 0.5) is 0 Å². The van der Waals surface area contributed by atoms with Gasteiger partial charge in [0.1, 0.15) is 0 Å². The zero-order chi connectivity index (χ0) is 10.6. The van der Waals surface area contributed by atoms with Crippen LogP contribution < -0.4 is 5.30 Å². The second kappa shape index (κ2) is 4.36. The van der Waals surface area contributed by atoms with E-state index in [1.54, 1.807) is 25.1 Å². The molecule has 0 aromatic heterocycles. The van der Waals surface area contributed by atoms with E-state index >= 15 is 0 Å². The Morgan fingerprint density at radius 2 is 1.93 bits per heavy atom. The average Bonchev–Trinajstić information content (AvgIpc) is 2.19. The van der Waals surface area contributed by atoms with Gasteiger partial charge in [0.2, 0.25) is 5.52 Å². The summed E-state index contributed by atoms with van der Waals surface area (Å²) in [6.45, 7) is 1.63. The molecule has 0 saturated heterocycles. The number of allylic oxidation sites excluding steroid dienone is 2. The summed E-state index contributed by atoms with van der Waals surface area (Å²) < 4.78 is 11.7. The number of hydrogen-bond acceptors (Lipinski definition) is 2. The monoisotopic (exact) mass is 210 g/mol. The van der Waals surface area contributed by atoms with Gasteiger partial charge in [0.05, 0.1) is 0 Å². The molecule has 0 radical (unpaired) electrons. The molecule has 0 amide bonds. The molecular formula is C10H11O3P. The molecule has 1 aromatic rings. The summed E-state index contributed by atoms with van der Waals surface area (Å²) in [5.74, 6) is 0. The Bertz CT molecular complexity index is 395. The summed E-state index contributed by atoms with van der Waals surface area (Å²) in [7, 11) is -3.88. The molecule has 1 N–H and O–H groups in total. The lowest BCUT2D eigenvalue weighted by Crippen LogP contribution is -2.09. The maximum atomic E-state index is 11.7. The van der Waals surface area contributed by atoms with E-state index in [-0.39, 0.29) is 5.30 Å². The molecule has 0 aliphatic rings. The standard InChI is InChI=1S/C10H11O3P/c1-2-6-10(11)14(12,13)9-7-4-3-5-8-9/h2-8H,1H3,(H,12,13). The third-order valence-corrected chi connectivity index (χ3v) is 3.46. The van der Waals surface area contributed by atoms with E-state index in [1.165, 1.54) is 18.2 Å². The van der Waals surface area contributed by atoms with E-state index in [1.807, 2.05) is 0 Å². The summed E-state index contributed by atoms with van der Waals surface area (Å²) in [6.07, 6.45) is 2.57. The van der Waals surface area contributed by atoms with Crippen LogP contribution in [-0.4, -0.2) is 10.4 Å². The van der Waals surface area contributed by atoms with Crippen molar-refractivity contribution in [3.05, 3.63) is 42.5 Å². The smallest absolute Gasteiger partial charge is 0.297 e. The molecule has 0 aliphatic carbocycles. The van der Waals surface area contributed by atoms with Crippen molar-refractivity contribution < 1.29 is 14.3 Å². The molecule has 14 heavy (non-hydrogen) atoms. The highest BCUT2D eigenvalue weighted by molar-refractivity contribution is 7.82. The second-order valence-electron chi connectivity index (χ2n) is 2.75. The summed E-state index contributed by atoms with van der Waals surface area (Å²) in [6, 6.07) is 7.93. The highest BCUT2D eigenvalue weighted by Crippen LogP contribution is 2.40. The Balaban J connectivity index is 3.09. The predicted molar refractivity (Wildman–Crippen MR) is 55.7 cm³/mol. The lowest BCUT2D eigenvalue weighted by Gasteiger charge is -2.06. The van der Waals surface area contributed by atoms with Gasteiger partial charge >= 0.3 is 0 Å². The summed E-state index contributed by atoms with van der Waals surface area (Å²) in [5.41, 5.74) is -0.744. The van der Waals surface area contributed by atoms with E-state index in [9.17, 15) is 14.3 Å². The molecule has 74 valence electrons. The van der Waals surface area contributed by atoms with Crippen molar-refractivity contribution in [2.75, 3.05) is 0 Å². The fourth-order valence-corrected chi connectivity index (χ4v) is 2.18. The highest BCUT2D eigenvalue weighted by atomic mass is 31.2. The summed E-state index contributed by atoms with van der Waals surface area (Å²) in [4.78, 5) is 20.8. The van der Waals surface area contributed by atoms with Crippen LogP contribution in [-0.2, 0) is 9.36 Å². The van der Waals surface area contributed by atoms with Crippen LogP contribution in [0.5, 0.6) is 0 Å². The van der Waals surface area contributed by atoms with Crippen LogP contribution in [0.2, 0.25) is 0 Å². The zero-order valence-corrected chi connectivity index (χ0v) is 8.65. The first-order chi connectivity index (χ1) is 6.59. The van der Waals surface area contributed by atoms with Gasteiger partial charge in [0, 0.05) is 5.30 Å². The van der Waals surface area contributed by atoms with Crippen LogP contribution in [0.3, 0.4) is 0 Å². The minimum Gasteiger partial charge on any atom is -0.336 e. The van der Waals surface area contributed by atoms with Crippen LogP contribution >= 0.6 is 7.37 Å². The second-order valence-corrected chi connectivity index (χ2v) is 4.86. The quantitative estimate of drug-likeness (QED) is 0.610. The van der Waals surface area contributed by atoms with Crippen LogP contribution in [0.1, 0.15) is 6.92 Å². The minimum atomic E-state index is -3.88. The Kier molecular flexibility index (Phi) is 3.39. The van der Waals surface area contributed by atoms with Crippen molar-refractivity contribution in [2.45, 2.75) is 6.92 Å². The summed E-state index contributed by atoms with van der Waals surface area (Å²) in [5, 5.41) is 0.170. The van der Waals surface area contributed by atoms with Gasteiger partial charge in [-0.3, -0.25) is 9.36 Å². The van der Waals surface area contributed by atoms with Crippen molar-refractivity contribution in [3.63, 3.8) is 0 Å². The van der Waals surface area contributed by atoms with E-state index in [2.05, 4.69) is 0 Å². The third-order valence-electron chi connectivity index (χ3n) is 1.71. The number of carbonyl (C=O) groups excluding carboxylic acids is 1. The van der Waals surface area contributed by atoms with Gasteiger partial charge in [-0.15, -0.1) is 0 Å². The van der Waals surface area contributed by atoms with E-state index < -0.39 is 12.9 Å². The molecule has 4 heteroatoms. The molecular weight excluding hydrogens is 199 g/mol. The van der Waals surface area contributed by atoms with Crippen molar-refractivity contribution >= 4 is 18.2 Å². The number of benzene rings is 1. The largest absolute Gasteiger partial charge is 0.336 e. The molecule has 0 bridgehead atoms. The SMILES string of the molecule is CC=CC(=O)P(=O)(O)c1ccccc1. The zero-order valence-electron chi connectivity index (χ0n) is 7.75. The van der Waals surface area contributed by atoms with Gasteiger partial charge in [-0.05, 0) is 25.1 Å². The van der Waals surface area contributed by atoms with Crippen molar-refractivity contribution in [2.24, 2.45) is 0 Å². The van der Waals surface area contributed by atoms with Gasteiger partial charge in [-0.1, -0.05) is 24.3 Å². The maximum Gasteiger partial charge on any atom is 0.297 e. The Labute approximate surface area is 82.5 Å². The summed E-state index contributed by atoms with van der Waals surface area (Å²) >= 11 is 0. The topological polar surface area (TPSA) is 54.4 Å². The number of carbonyl (C=O) groups is 1. The van der Waals surface area contributed by atoms with Gasteiger partial charge < -0.3 is 4.89 Å². The molecule has 0 saturated carbocycles. The number of rotatable bonds is 3. The molecule has 1 atom stereocenters. The van der Waals surface area contributed by atoms with Crippen LogP contribution in [0, 0.1) is 0 Å². The van der Waals surface area contributed by atoms with Crippen LogP contribution in [0.15, 0.2) is 42.5 Å². The first kappa shape index (κ1) is 10.9. The maximum absolute atomic E-state index is 11.7. The van der Waals surface area contributed by atoms with Gasteiger partial charge in [0.15, 0.2) is 0 Å². The molecule has 1 unspecified atom stereocenters. The molecule has 1 rings (SSSR count). The Hall–Kier alpha value is -1.18. The van der Waals surface area contributed by atoms with Gasteiger partial charge in [-0.25, -0.2) is 0 Å².